The minimum Gasteiger partial charge on any atom is -0.212 e. The summed E-state index contributed by atoms with van der Waals surface area (Å²) in [6.45, 7) is 2.77. The number of halogens is 1. The number of aromatic nitrogens is 2. The van der Waals surface area contributed by atoms with Crippen LogP contribution in [0.2, 0.25) is 4.47 Å². The van der Waals surface area contributed by atoms with Crippen molar-refractivity contribution in [1.82, 2.24) is 14.5 Å². The van der Waals surface area contributed by atoms with Gasteiger partial charge in [-0.15, -0.1) is 10.2 Å². The molecule has 5 nitrogen and oxygen atoms in total. The largest absolute Gasteiger partial charge is 0.214 e. The summed E-state index contributed by atoms with van der Waals surface area (Å²) in [7, 11) is -3.10. The first-order chi connectivity index (χ1) is 6.97. The Morgan fingerprint density at radius 2 is 2.33 bits per heavy atom. The Labute approximate surface area is 97.1 Å². The van der Waals surface area contributed by atoms with E-state index in [9.17, 15) is 8.42 Å². The monoisotopic (exact) mass is 267 g/mol. The topological polar surface area (TPSA) is 63.2 Å². The van der Waals surface area contributed by atoms with E-state index in [2.05, 4.69) is 10.2 Å². The second kappa shape index (κ2) is 3.97. The molecule has 1 aromatic heterocycles. The van der Waals surface area contributed by atoms with E-state index in [-0.39, 0.29) is 18.2 Å². The van der Waals surface area contributed by atoms with Crippen molar-refractivity contribution in [3.8, 4) is 0 Å². The summed E-state index contributed by atoms with van der Waals surface area (Å²) >= 11 is 6.84. The molecule has 1 aromatic rings. The van der Waals surface area contributed by atoms with Gasteiger partial charge in [0.1, 0.15) is 5.01 Å². The fourth-order valence-electron chi connectivity index (χ4n) is 1.59. The van der Waals surface area contributed by atoms with Crippen LogP contribution in [0.1, 0.15) is 11.9 Å². The molecular weight excluding hydrogens is 258 g/mol. The molecule has 15 heavy (non-hydrogen) atoms. The highest BCUT2D eigenvalue weighted by molar-refractivity contribution is 7.89. The van der Waals surface area contributed by atoms with Crippen LogP contribution >= 0.6 is 22.9 Å². The lowest BCUT2D eigenvalue weighted by atomic mass is 10.2. The Bertz CT molecular complexity index is 459. The molecule has 0 bridgehead atoms. The van der Waals surface area contributed by atoms with Crippen LogP contribution in [0.25, 0.3) is 0 Å². The summed E-state index contributed by atoms with van der Waals surface area (Å²) in [6, 6.07) is 0. The number of hydrogen-bond donors (Lipinski definition) is 0. The van der Waals surface area contributed by atoms with Crippen LogP contribution in [0.5, 0.6) is 0 Å². The van der Waals surface area contributed by atoms with E-state index in [1.165, 1.54) is 15.6 Å². The quantitative estimate of drug-likeness (QED) is 0.801. The lowest BCUT2D eigenvalue weighted by Crippen LogP contribution is -2.25. The average Bonchev–Trinajstić information content (AvgIpc) is 2.58. The summed E-state index contributed by atoms with van der Waals surface area (Å²) in [4.78, 5) is 0. The maximum atomic E-state index is 11.6. The zero-order valence-corrected chi connectivity index (χ0v) is 10.4. The van der Waals surface area contributed by atoms with Gasteiger partial charge in [-0.05, 0) is 17.5 Å². The molecule has 1 aliphatic heterocycles. The highest BCUT2D eigenvalue weighted by Gasteiger charge is 2.33. The van der Waals surface area contributed by atoms with Crippen molar-refractivity contribution in [2.75, 3.05) is 12.3 Å². The normalized spacial score (nSPS) is 25.9. The van der Waals surface area contributed by atoms with Gasteiger partial charge in [0.05, 0.1) is 12.3 Å². The molecule has 0 saturated carbocycles. The highest BCUT2D eigenvalue weighted by atomic mass is 35.5. The zero-order valence-electron chi connectivity index (χ0n) is 8.05. The first-order valence-corrected chi connectivity index (χ1v) is 7.23. The van der Waals surface area contributed by atoms with E-state index in [0.717, 1.165) is 0 Å². The van der Waals surface area contributed by atoms with Gasteiger partial charge in [0, 0.05) is 6.54 Å². The van der Waals surface area contributed by atoms with Crippen molar-refractivity contribution in [2.45, 2.75) is 13.5 Å². The van der Waals surface area contributed by atoms with Crippen LogP contribution in [-0.2, 0) is 16.6 Å². The summed E-state index contributed by atoms with van der Waals surface area (Å²) in [5, 5.41) is 8.07. The summed E-state index contributed by atoms with van der Waals surface area (Å²) in [6.07, 6.45) is 0. The minimum atomic E-state index is -3.10. The van der Waals surface area contributed by atoms with Gasteiger partial charge < -0.3 is 0 Å². The summed E-state index contributed by atoms with van der Waals surface area (Å²) in [5.41, 5.74) is 0. The standard InChI is InChI=1S/C7H10ClN3O2S2/c1-5-2-11(15(12,13)4-5)3-6-9-10-7(8)14-6/h5H,2-4H2,1H3. The maximum absolute atomic E-state index is 11.6. The Balaban J connectivity index is 2.13. The fourth-order valence-corrected chi connectivity index (χ4v) is 4.39. The second-order valence-corrected chi connectivity index (χ2v) is 7.28. The third-order valence-corrected chi connectivity index (χ3v) is 5.22. The van der Waals surface area contributed by atoms with E-state index in [4.69, 9.17) is 11.6 Å². The Morgan fingerprint density at radius 1 is 1.60 bits per heavy atom. The van der Waals surface area contributed by atoms with Crippen molar-refractivity contribution in [2.24, 2.45) is 5.92 Å². The Morgan fingerprint density at radius 3 is 2.80 bits per heavy atom. The molecule has 1 unspecified atom stereocenters. The van der Waals surface area contributed by atoms with E-state index >= 15 is 0 Å². The van der Waals surface area contributed by atoms with E-state index in [0.29, 0.717) is 16.0 Å². The van der Waals surface area contributed by atoms with Crippen LogP contribution < -0.4 is 0 Å². The van der Waals surface area contributed by atoms with Gasteiger partial charge in [-0.2, -0.15) is 4.31 Å². The molecule has 0 N–H and O–H groups in total. The first-order valence-electron chi connectivity index (χ1n) is 4.43. The Kier molecular flexibility index (Phi) is 2.98. The number of hydrogen-bond acceptors (Lipinski definition) is 5. The number of sulfonamides is 1. The van der Waals surface area contributed by atoms with Crippen LogP contribution in [0, 0.1) is 5.92 Å². The smallest absolute Gasteiger partial charge is 0.212 e. The Hall–Kier alpha value is -0.240. The maximum Gasteiger partial charge on any atom is 0.214 e. The second-order valence-electron chi connectivity index (χ2n) is 3.63. The predicted octanol–water partition coefficient (Wildman–Crippen LogP) is 0.973. The lowest BCUT2D eigenvalue weighted by molar-refractivity contribution is 0.407. The van der Waals surface area contributed by atoms with E-state index in [1.54, 1.807) is 0 Å². The van der Waals surface area contributed by atoms with Gasteiger partial charge >= 0.3 is 0 Å². The fraction of sp³-hybridized carbons (Fsp3) is 0.714. The van der Waals surface area contributed by atoms with Gasteiger partial charge in [-0.1, -0.05) is 18.3 Å². The van der Waals surface area contributed by atoms with Gasteiger partial charge in [0.25, 0.3) is 0 Å². The third-order valence-electron chi connectivity index (χ3n) is 2.16. The minimum absolute atomic E-state index is 0.179. The molecule has 0 aliphatic carbocycles. The molecule has 1 saturated heterocycles. The number of rotatable bonds is 2. The van der Waals surface area contributed by atoms with Crippen LogP contribution in [0.3, 0.4) is 0 Å². The molecule has 2 heterocycles. The van der Waals surface area contributed by atoms with Gasteiger partial charge in [-0.3, -0.25) is 0 Å². The number of nitrogens with zero attached hydrogens (tertiary/aromatic N) is 3. The molecule has 8 heteroatoms. The average molecular weight is 268 g/mol. The van der Waals surface area contributed by atoms with Crippen LogP contribution in [0.4, 0.5) is 0 Å². The van der Waals surface area contributed by atoms with Crippen molar-refractivity contribution < 1.29 is 8.42 Å². The molecular formula is C7H10ClN3O2S2. The van der Waals surface area contributed by atoms with Crippen molar-refractivity contribution in [3.63, 3.8) is 0 Å². The molecule has 0 spiro atoms. The summed E-state index contributed by atoms with van der Waals surface area (Å²) in [5.74, 6) is 0.401. The molecule has 84 valence electrons. The first kappa shape index (κ1) is 11.3. The third kappa shape index (κ3) is 2.47. The molecule has 1 fully saturated rings. The zero-order chi connectivity index (χ0) is 11.1. The SMILES string of the molecule is CC1CN(Cc2nnc(Cl)s2)S(=O)(=O)C1. The van der Waals surface area contributed by atoms with Crippen molar-refractivity contribution >= 4 is 33.0 Å². The van der Waals surface area contributed by atoms with Gasteiger partial charge in [-0.25, -0.2) is 8.42 Å². The molecule has 0 radical (unpaired) electrons. The van der Waals surface area contributed by atoms with Crippen LogP contribution in [0.15, 0.2) is 0 Å². The van der Waals surface area contributed by atoms with Crippen molar-refractivity contribution in [1.29, 1.82) is 0 Å². The van der Waals surface area contributed by atoms with Crippen molar-refractivity contribution in [3.05, 3.63) is 9.47 Å². The van der Waals surface area contributed by atoms with Crippen LogP contribution in [-0.4, -0.2) is 35.2 Å². The molecule has 1 atom stereocenters. The predicted molar refractivity (Wildman–Crippen MR) is 58.3 cm³/mol. The summed E-state index contributed by atoms with van der Waals surface area (Å²) < 4.78 is 25.0. The van der Waals surface area contributed by atoms with E-state index in [1.807, 2.05) is 6.92 Å². The van der Waals surface area contributed by atoms with Gasteiger partial charge in [0.15, 0.2) is 0 Å². The van der Waals surface area contributed by atoms with Gasteiger partial charge in [0.2, 0.25) is 14.5 Å². The molecule has 2 rings (SSSR count). The van der Waals surface area contributed by atoms with E-state index < -0.39 is 10.0 Å². The molecule has 0 aromatic carbocycles. The molecule has 1 aliphatic rings. The lowest BCUT2D eigenvalue weighted by Gasteiger charge is -2.11. The molecule has 0 amide bonds. The highest BCUT2D eigenvalue weighted by Crippen LogP contribution is 2.23.